The predicted molar refractivity (Wildman–Crippen MR) is 169 cm³/mol. The van der Waals surface area contributed by atoms with Crippen molar-refractivity contribution in [2.75, 3.05) is 26.3 Å². The Hall–Kier alpha value is -3.98. The van der Waals surface area contributed by atoms with E-state index in [1.807, 2.05) is 63.4 Å². The lowest BCUT2D eigenvalue weighted by Crippen LogP contribution is -2.45. The van der Waals surface area contributed by atoms with Gasteiger partial charge in [-0.15, -0.1) is 5.06 Å². The normalized spacial score (nSPS) is 17.3. The van der Waals surface area contributed by atoms with Crippen LogP contribution in [0.15, 0.2) is 91.3 Å². The topological polar surface area (TPSA) is 79.4 Å². The molecule has 1 aliphatic rings. The predicted octanol–water partition coefficient (Wildman–Crippen LogP) is 7.46. The van der Waals surface area contributed by atoms with Crippen molar-refractivity contribution in [1.29, 1.82) is 0 Å². The van der Waals surface area contributed by atoms with Crippen LogP contribution in [0.5, 0.6) is 5.75 Å². The van der Waals surface area contributed by atoms with E-state index in [4.69, 9.17) is 23.8 Å². The first-order chi connectivity index (χ1) is 21.3. The monoisotopic (exact) mass is 598 g/mol. The van der Waals surface area contributed by atoms with Gasteiger partial charge in [0.2, 0.25) is 0 Å². The number of carbonyl (C=O) groups excluding carboxylic acids is 1. The Morgan fingerprint density at radius 1 is 0.909 bits per heavy atom. The van der Waals surface area contributed by atoms with E-state index in [1.165, 1.54) is 5.56 Å². The number of pyridine rings is 1. The number of ether oxygens (including phenoxy) is 4. The van der Waals surface area contributed by atoms with Gasteiger partial charge in [0.15, 0.2) is 0 Å². The highest BCUT2D eigenvalue weighted by atomic mass is 16.8. The first-order valence-electron chi connectivity index (χ1n) is 15.3. The van der Waals surface area contributed by atoms with Crippen LogP contribution in [-0.2, 0) is 32.3 Å². The van der Waals surface area contributed by atoms with E-state index in [-0.39, 0.29) is 12.0 Å². The molecule has 1 saturated heterocycles. The number of hydroxylamine groups is 2. The van der Waals surface area contributed by atoms with Gasteiger partial charge in [0.05, 0.1) is 39.1 Å². The molecule has 2 atom stereocenters. The van der Waals surface area contributed by atoms with Gasteiger partial charge in [-0.1, -0.05) is 54.6 Å². The number of aromatic nitrogens is 1. The van der Waals surface area contributed by atoms with Gasteiger partial charge in [0.25, 0.3) is 0 Å². The highest BCUT2D eigenvalue weighted by Gasteiger charge is 2.34. The summed E-state index contributed by atoms with van der Waals surface area (Å²) in [7, 11) is 0. The van der Waals surface area contributed by atoms with Crippen LogP contribution in [0.2, 0.25) is 0 Å². The molecule has 0 saturated carbocycles. The first kappa shape index (κ1) is 31.4. The van der Waals surface area contributed by atoms with E-state index >= 15 is 0 Å². The molecule has 3 aromatic carbocycles. The minimum atomic E-state index is -0.704. The molecular formula is C36H42N2O6. The summed E-state index contributed by atoms with van der Waals surface area (Å²) in [5.74, 6) is 0.948. The van der Waals surface area contributed by atoms with E-state index in [0.717, 1.165) is 40.5 Å². The zero-order chi connectivity index (χ0) is 30.8. The lowest BCUT2D eigenvalue weighted by atomic mass is 9.87. The Bertz CT molecular complexity index is 1470. The molecule has 2 unspecified atom stereocenters. The third-order valence-corrected chi connectivity index (χ3v) is 7.41. The molecule has 8 nitrogen and oxygen atoms in total. The molecule has 1 aromatic heterocycles. The molecule has 0 N–H and O–H groups in total. The largest absolute Gasteiger partial charge is 0.528 e. The fraction of sp³-hybridized carbons (Fsp3) is 0.389. The molecule has 4 aromatic rings. The summed E-state index contributed by atoms with van der Waals surface area (Å²) in [4.78, 5) is 22.1. The Labute approximate surface area is 259 Å². The van der Waals surface area contributed by atoms with Crippen LogP contribution in [-0.4, -0.2) is 54.2 Å². The lowest BCUT2D eigenvalue weighted by Gasteiger charge is -2.37. The van der Waals surface area contributed by atoms with Gasteiger partial charge in [-0.2, -0.15) is 0 Å². The van der Waals surface area contributed by atoms with Crippen molar-refractivity contribution in [3.8, 4) is 5.75 Å². The molecule has 0 aliphatic carbocycles. The van der Waals surface area contributed by atoms with E-state index in [0.29, 0.717) is 39.5 Å². The van der Waals surface area contributed by atoms with Crippen LogP contribution in [0.3, 0.4) is 0 Å². The maximum atomic E-state index is 12.4. The summed E-state index contributed by atoms with van der Waals surface area (Å²) in [5.41, 5.74) is 2.78. The summed E-state index contributed by atoms with van der Waals surface area (Å²) < 4.78 is 23.6. The Balaban J connectivity index is 1.17. The summed E-state index contributed by atoms with van der Waals surface area (Å²) >= 11 is 0. The SMILES string of the molecule is CC(C)(C)OC(=O)ON1CCC(c2ccc(OCCCOCc3ccccc3)cc2)C(OCc2ccc3cnccc3c2)C1. The number of benzene rings is 3. The molecule has 44 heavy (non-hydrogen) atoms. The minimum absolute atomic E-state index is 0.124. The van der Waals surface area contributed by atoms with Gasteiger partial charge in [0, 0.05) is 36.7 Å². The number of rotatable bonds is 12. The maximum Gasteiger partial charge on any atom is 0.528 e. The van der Waals surface area contributed by atoms with Crippen LogP contribution >= 0.6 is 0 Å². The maximum absolute atomic E-state index is 12.4. The fourth-order valence-corrected chi connectivity index (χ4v) is 5.25. The number of hydrogen-bond acceptors (Lipinski definition) is 8. The van der Waals surface area contributed by atoms with Crippen LogP contribution in [0, 0.1) is 0 Å². The zero-order valence-corrected chi connectivity index (χ0v) is 25.8. The molecule has 0 amide bonds. The van der Waals surface area contributed by atoms with Crippen molar-refractivity contribution in [3.63, 3.8) is 0 Å². The van der Waals surface area contributed by atoms with Gasteiger partial charge in [0.1, 0.15) is 11.4 Å². The molecule has 0 spiro atoms. The van der Waals surface area contributed by atoms with Gasteiger partial charge in [-0.25, -0.2) is 4.79 Å². The Morgan fingerprint density at radius 2 is 1.73 bits per heavy atom. The molecule has 2 heterocycles. The second-order valence-electron chi connectivity index (χ2n) is 12.1. The van der Waals surface area contributed by atoms with Crippen LogP contribution < -0.4 is 4.74 Å². The second-order valence-corrected chi connectivity index (χ2v) is 12.1. The molecular weight excluding hydrogens is 556 g/mol. The molecule has 8 heteroatoms. The Morgan fingerprint density at radius 3 is 2.52 bits per heavy atom. The summed E-state index contributed by atoms with van der Waals surface area (Å²) in [6.07, 6.45) is 4.32. The third-order valence-electron chi connectivity index (χ3n) is 7.41. The lowest BCUT2D eigenvalue weighted by molar-refractivity contribution is -0.179. The van der Waals surface area contributed by atoms with Gasteiger partial charge in [-0.3, -0.25) is 4.98 Å². The van der Waals surface area contributed by atoms with Crippen molar-refractivity contribution in [2.45, 2.75) is 64.4 Å². The van der Waals surface area contributed by atoms with Crippen LogP contribution in [0.25, 0.3) is 10.8 Å². The average Bonchev–Trinajstić information content (AvgIpc) is 3.01. The van der Waals surface area contributed by atoms with E-state index in [1.54, 1.807) is 11.3 Å². The van der Waals surface area contributed by atoms with Crippen molar-refractivity contribution in [1.82, 2.24) is 10.0 Å². The van der Waals surface area contributed by atoms with Crippen molar-refractivity contribution in [3.05, 3.63) is 108 Å². The van der Waals surface area contributed by atoms with Gasteiger partial charge >= 0.3 is 6.16 Å². The highest BCUT2D eigenvalue weighted by Crippen LogP contribution is 2.33. The average molecular weight is 599 g/mol. The van der Waals surface area contributed by atoms with Crippen molar-refractivity contribution < 1.29 is 28.6 Å². The quantitative estimate of drug-likeness (QED) is 0.123. The van der Waals surface area contributed by atoms with E-state index in [2.05, 4.69) is 47.4 Å². The third kappa shape index (κ3) is 9.51. The Kier molecular flexibility index (Phi) is 10.8. The smallest absolute Gasteiger partial charge is 0.494 e. The first-order valence-corrected chi connectivity index (χ1v) is 15.3. The summed E-state index contributed by atoms with van der Waals surface area (Å²) in [6.45, 7) is 8.74. The molecule has 0 bridgehead atoms. The second kappa shape index (κ2) is 15.1. The standard InChI is InChI=1S/C36H42N2O6/c1-36(2,3)43-35(39)44-38-19-17-33(34(24-38)42-26-28-10-11-31-23-37-18-16-30(31)22-28)29-12-14-32(15-13-29)41-21-7-20-40-25-27-8-5-4-6-9-27/h4-6,8-16,18,22-23,33-34H,7,17,19-21,24-26H2,1-3H3. The molecule has 232 valence electrons. The molecule has 1 aliphatic heterocycles. The summed E-state index contributed by atoms with van der Waals surface area (Å²) in [5, 5.41) is 3.86. The number of hydrogen-bond donors (Lipinski definition) is 0. The number of carbonyl (C=O) groups is 1. The minimum Gasteiger partial charge on any atom is -0.494 e. The van der Waals surface area contributed by atoms with Gasteiger partial charge in [-0.05, 0) is 73.5 Å². The number of nitrogens with zero attached hydrogens (tertiary/aromatic N) is 2. The molecule has 1 fully saturated rings. The van der Waals surface area contributed by atoms with E-state index < -0.39 is 11.8 Å². The van der Waals surface area contributed by atoms with Gasteiger partial charge < -0.3 is 23.8 Å². The fourth-order valence-electron chi connectivity index (χ4n) is 5.25. The van der Waals surface area contributed by atoms with Crippen molar-refractivity contribution in [2.24, 2.45) is 0 Å². The van der Waals surface area contributed by atoms with Crippen LogP contribution in [0.1, 0.15) is 56.2 Å². The van der Waals surface area contributed by atoms with E-state index in [9.17, 15) is 4.79 Å². The molecule has 0 radical (unpaired) electrons. The zero-order valence-electron chi connectivity index (χ0n) is 25.8. The number of piperidine rings is 1. The number of fused-ring (bicyclic) bond motifs is 1. The van der Waals surface area contributed by atoms with Crippen molar-refractivity contribution >= 4 is 16.9 Å². The summed E-state index contributed by atoms with van der Waals surface area (Å²) in [6, 6.07) is 26.7. The molecule has 5 rings (SSSR count). The highest BCUT2D eigenvalue weighted by molar-refractivity contribution is 5.81. The van der Waals surface area contributed by atoms with Crippen LogP contribution in [0.4, 0.5) is 4.79 Å².